The number of anilines is 1. The number of aliphatic hydroxyl groups is 1. The van der Waals surface area contributed by atoms with E-state index in [9.17, 15) is 14.7 Å². The van der Waals surface area contributed by atoms with Crippen molar-refractivity contribution in [2.75, 3.05) is 31.6 Å². The zero-order valence-corrected chi connectivity index (χ0v) is 21.9. The number of halogens is 1. The van der Waals surface area contributed by atoms with Crippen LogP contribution in [0.1, 0.15) is 46.0 Å². The van der Waals surface area contributed by atoms with Crippen molar-refractivity contribution in [3.05, 3.63) is 75.9 Å². The van der Waals surface area contributed by atoms with E-state index < -0.39 is 6.10 Å². The van der Waals surface area contributed by atoms with E-state index in [1.54, 1.807) is 12.3 Å². The number of nitrogens with one attached hydrogen (secondary N) is 2. The van der Waals surface area contributed by atoms with Crippen molar-refractivity contribution in [3.63, 3.8) is 0 Å². The third kappa shape index (κ3) is 5.80. The van der Waals surface area contributed by atoms with Gasteiger partial charge in [0.05, 0.1) is 23.0 Å². The van der Waals surface area contributed by atoms with Gasteiger partial charge in [-0.05, 0) is 42.5 Å². The maximum absolute atomic E-state index is 13.1. The van der Waals surface area contributed by atoms with Crippen LogP contribution >= 0.6 is 11.6 Å². The average molecular weight is 536 g/mol. The molecule has 38 heavy (non-hydrogen) atoms. The molecule has 1 fully saturated rings. The Kier molecular flexibility index (Phi) is 7.87. The van der Waals surface area contributed by atoms with Crippen LogP contribution in [0.15, 0.2) is 48.7 Å². The summed E-state index contributed by atoms with van der Waals surface area (Å²) >= 11 is 6.43. The molecule has 0 saturated carbocycles. The molecule has 3 N–H and O–H groups in total. The number of carbonyl (C=O) groups is 2. The quantitative estimate of drug-likeness (QED) is 0.404. The van der Waals surface area contributed by atoms with Gasteiger partial charge in [0.2, 0.25) is 11.9 Å². The van der Waals surface area contributed by atoms with Crippen LogP contribution in [0.4, 0.5) is 5.95 Å². The summed E-state index contributed by atoms with van der Waals surface area (Å²) in [7, 11) is 0. The molecule has 1 saturated heterocycles. The molecule has 1 aromatic heterocycles. The van der Waals surface area contributed by atoms with Crippen LogP contribution in [0.3, 0.4) is 0 Å². The highest BCUT2D eigenvalue weighted by molar-refractivity contribution is 6.33. The minimum Gasteiger partial charge on any atom is -0.387 e. The monoisotopic (exact) mass is 535 g/mol. The van der Waals surface area contributed by atoms with Gasteiger partial charge in [-0.25, -0.2) is 9.97 Å². The number of carbonyl (C=O) groups excluding carboxylic acids is 2. The van der Waals surface area contributed by atoms with E-state index in [2.05, 4.69) is 20.6 Å². The maximum Gasteiger partial charge on any atom is 0.254 e. The third-order valence-electron chi connectivity index (χ3n) is 6.94. The van der Waals surface area contributed by atoms with E-state index >= 15 is 0 Å². The Labute approximate surface area is 226 Å². The lowest BCUT2D eigenvalue weighted by Crippen LogP contribution is -2.39. The predicted octanol–water partition coefficient (Wildman–Crippen LogP) is 3.50. The van der Waals surface area contributed by atoms with Gasteiger partial charge in [-0.2, -0.15) is 0 Å². The summed E-state index contributed by atoms with van der Waals surface area (Å²) in [5.74, 6) is -0.0850. The molecule has 10 heteroatoms. The number of benzene rings is 2. The van der Waals surface area contributed by atoms with Gasteiger partial charge < -0.3 is 25.4 Å². The van der Waals surface area contributed by atoms with E-state index in [0.717, 1.165) is 29.5 Å². The molecule has 3 aromatic rings. The lowest BCUT2D eigenvalue weighted by molar-refractivity contribution is -0.122. The van der Waals surface area contributed by atoms with Gasteiger partial charge in [-0.15, -0.1) is 0 Å². The first-order valence-corrected chi connectivity index (χ1v) is 13.1. The molecule has 2 aliphatic rings. The molecule has 0 aliphatic carbocycles. The highest BCUT2D eigenvalue weighted by Crippen LogP contribution is 2.31. The van der Waals surface area contributed by atoms with E-state index in [1.165, 1.54) is 4.90 Å². The first-order chi connectivity index (χ1) is 18.4. The van der Waals surface area contributed by atoms with Crippen LogP contribution in [0, 0.1) is 6.92 Å². The SMILES string of the molecule is Cc1ccccc1C(O)CNC(=O)CN1Cc2ccc(-c3nc(NC4CCOCC4)ncc3Cl)cc2C1=O. The first-order valence-electron chi connectivity index (χ1n) is 12.7. The highest BCUT2D eigenvalue weighted by atomic mass is 35.5. The summed E-state index contributed by atoms with van der Waals surface area (Å²) in [4.78, 5) is 36.1. The van der Waals surface area contributed by atoms with Crippen molar-refractivity contribution in [1.29, 1.82) is 0 Å². The summed E-state index contributed by atoms with van der Waals surface area (Å²) in [5, 5.41) is 16.9. The minimum atomic E-state index is -0.822. The summed E-state index contributed by atoms with van der Waals surface area (Å²) in [6.07, 6.45) is 2.49. The summed E-state index contributed by atoms with van der Waals surface area (Å²) < 4.78 is 5.41. The van der Waals surface area contributed by atoms with Crippen molar-refractivity contribution < 1.29 is 19.4 Å². The lowest BCUT2D eigenvalue weighted by atomic mass is 10.0. The Bertz CT molecular complexity index is 1340. The number of rotatable bonds is 8. The average Bonchev–Trinajstić information content (AvgIpc) is 3.23. The molecule has 0 bridgehead atoms. The predicted molar refractivity (Wildman–Crippen MR) is 144 cm³/mol. The molecule has 5 rings (SSSR count). The van der Waals surface area contributed by atoms with Crippen molar-refractivity contribution in [2.24, 2.45) is 0 Å². The number of aromatic nitrogens is 2. The van der Waals surface area contributed by atoms with Crippen molar-refractivity contribution in [2.45, 2.75) is 38.5 Å². The zero-order valence-electron chi connectivity index (χ0n) is 21.1. The van der Waals surface area contributed by atoms with Gasteiger partial charge >= 0.3 is 0 Å². The van der Waals surface area contributed by atoms with E-state index in [1.807, 2.05) is 43.3 Å². The van der Waals surface area contributed by atoms with E-state index in [4.69, 9.17) is 16.3 Å². The van der Waals surface area contributed by atoms with Crippen molar-refractivity contribution in [3.8, 4) is 11.3 Å². The maximum atomic E-state index is 13.1. The molecule has 1 unspecified atom stereocenters. The molecule has 9 nitrogen and oxygen atoms in total. The molecule has 2 aromatic carbocycles. The number of hydrogen-bond donors (Lipinski definition) is 3. The Morgan fingerprint density at radius 3 is 2.82 bits per heavy atom. The van der Waals surface area contributed by atoms with Crippen molar-refractivity contribution in [1.82, 2.24) is 20.2 Å². The summed E-state index contributed by atoms with van der Waals surface area (Å²) in [6, 6.07) is 13.2. The standard InChI is InChI=1S/C28H30ClN5O4/c1-17-4-2-3-5-21(17)24(35)14-30-25(36)16-34-15-19-7-6-18(12-22(19)27(34)37)26-23(29)13-31-28(33-26)32-20-8-10-38-11-9-20/h2-7,12-13,20,24,35H,8-11,14-16H2,1H3,(H,30,36)(H,31,32,33). The second kappa shape index (κ2) is 11.5. The smallest absolute Gasteiger partial charge is 0.254 e. The first kappa shape index (κ1) is 26.1. The molecule has 198 valence electrons. The fraction of sp³-hybridized carbons (Fsp3) is 0.357. The van der Waals surface area contributed by atoms with Gasteiger partial charge in [0.25, 0.3) is 5.91 Å². The second-order valence-electron chi connectivity index (χ2n) is 9.63. The largest absolute Gasteiger partial charge is 0.387 e. The van der Waals surface area contributed by atoms with E-state index in [0.29, 0.717) is 47.6 Å². The number of ether oxygens (including phenoxy) is 1. The van der Waals surface area contributed by atoms with Crippen LogP contribution in [0.25, 0.3) is 11.3 Å². The van der Waals surface area contributed by atoms with Gasteiger partial charge in [0.1, 0.15) is 6.54 Å². The number of aliphatic hydroxyl groups excluding tert-OH is 1. The third-order valence-corrected chi connectivity index (χ3v) is 7.21. The molecule has 0 spiro atoms. The lowest BCUT2D eigenvalue weighted by Gasteiger charge is -2.23. The molecular weight excluding hydrogens is 506 g/mol. The number of hydrogen-bond acceptors (Lipinski definition) is 7. The molecule has 2 aliphatic heterocycles. The minimum absolute atomic E-state index is 0.0687. The Morgan fingerprint density at radius 2 is 2.03 bits per heavy atom. The van der Waals surface area contributed by atoms with Crippen LogP contribution in [-0.4, -0.2) is 64.1 Å². The molecule has 1 atom stereocenters. The number of aryl methyl sites for hydroxylation is 1. The van der Waals surface area contributed by atoms with Crippen LogP contribution in [-0.2, 0) is 16.1 Å². The van der Waals surface area contributed by atoms with Gasteiger partial charge in [-0.1, -0.05) is 48.0 Å². The van der Waals surface area contributed by atoms with Crippen LogP contribution < -0.4 is 10.6 Å². The second-order valence-corrected chi connectivity index (χ2v) is 10.0. The number of nitrogens with zero attached hydrogens (tertiary/aromatic N) is 3. The van der Waals surface area contributed by atoms with Gasteiger partial charge in [-0.3, -0.25) is 9.59 Å². The van der Waals surface area contributed by atoms with Gasteiger partial charge in [0.15, 0.2) is 0 Å². The summed E-state index contributed by atoms with van der Waals surface area (Å²) in [6.45, 7) is 3.61. The normalized spacial score (nSPS) is 16.3. The Morgan fingerprint density at radius 1 is 1.24 bits per heavy atom. The molecule has 0 radical (unpaired) electrons. The molecule has 2 amide bonds. The Hall–Kier alpha value is -3.53. The fourth-order valence-corrected chi connectivity index (χ4v) is 5.01. The fourth-order valence-electron chi connectivity index (χ4n) is 4.81. The number of fused-ring (bicyclic) bond motifs is 1. The number of amides is 2. The Balaban J connectivity index is 1.23. The summed E-state index contributed by atoms with van der Waals surface area (Å²) in [5.41, 5.74) is 4.30. The topological polar surface area (TPSA) is 117 Å². The van der Waals surface area contributed by atoms with Gasteiger partial charge in [0, 0.05) is 43.5 Å². The van der Waals surface area contributed by atoms with E-state index in [-0.39, 0.29) is 30.9 Å². The van der Waals surface area contributed by atoms with Crippen molar-refractivity contribution >= 4 is 29.4 Å². The highest BCUT2D eigenvalue weighted by Gasteiger charge is 2.29. The molecular formula is C28H30ClN5O4. The molecule has 3 heterocycles. The van der Waals surface area contributed by atoms with Crippen LogP contribution in [0.2, 0.25) is 5.02 Å². The zero-order chi connectivity index (χ0) is 26.6. The van der Waals surface area contributed by atoms with Crippen LogP contribution in [0.5, 0.6) is 0 Å².